The van der Waals surface area contributed by atoms with Gasteiger partial charge in [-0.25, -0.2) is 4.52 Å². The number of aryl methyl sites for hydroxylation is 1. The summed E-state index contributed by atoms with van der Waals surface area (Å²) in [7, 11) is 0. The molecule has 3 aromatic heterocycles. The predicted octanol–water partition coefficient (Wildman–Crippen LogP) is 3.85. The standard InChI is InChI=1S/C17H19Cl2N5OS/c1-9-13(11-4-5-25-8-12(11)20)15(18)24-14(9)16(22-17(19)23-24)21-7-10-3-2-6-26-10/h2-3,6,11-12H,4-5,7-8,20H2,1H3,(H,21,22,23)/t11-,12-/m0/s1. The summed E-state index contributed by atoms with van der Waals surface area (Å²) in [6.07, 6.45) is 0.831. The molecule has 0 amide bonds. The van der Waals surface area contributed by atoms with E-state index >= 15 is 0 Å². The molecule has 0 saturated carbocycles. The van der Waals surface area contributed by atoms with Crippen LogP contribution in [-0.2, 0) is 11.3 Å². The van der Waals surface area contributed by atoms with E-state index in [0.717, 1.165) is 23.1 Å². The zero-order chi connectivity index (χ0) is 18.3. The molecule has 26 heavy (non-hydrogen) atoms. The van der Waals surface area contributed by atoms with Gasteiger partial charge in [0.2, 0.25) is 5.28 Å². The van der Waals surface area contributed by atoms with E-state index in [1.165, 1.54) is 4.88 Å². The van der Waals surface area contributed by atoms with E-state index in [4.69, 9.17) is 33.7 Å². The number of fused-ring (bicyclic) bond motifs is 1. The Balaban J connectivity index is 1.79. The normalized spacial score (nSPS) is 20.6. The summed E-state index contributed by atoms with van der Waals surface area (Å²) < 4.78 is 7.14. The van der Waals surface area contributed by atoms with E-state index in [1.807, 2.05) is 18.4 Å². The molecule has 4 rings (SSSR count). The van der Waals surface area contributed by atoms with Crippen LogP contribution in [0.15, 0.2) is 17.5 Å². The number of aromatic nitrogens is 3. The minimum Gasteiger partial charge on any atom is -0.380 e. The van der Waals surface area contributed by atoms with Gasteiger partial charge in [-0.15, -0.1) is 16.4 Å². The van der Waals surface area contributed by atoms with Gasteiger partial charge in [0.1, 0.15) is 10.7 Å². The van der Waals surface area contributed by atoms with Crippen LogP contribution in [-0.4, -0.2) is 33.9 Å². The first-order valence-electron chi connectivity index (χ1n) is 8.40. The molecule has 3 aromatic rings. The average Bonchev–Trinajstić information content (AvgIpc) is 3.22. The van der Waals surface area contributed by atoms with Gasteiger partial charge in [0.05, 0.1) is 13.2 Å². The van der Waals surface area contributed by atoms with Crippen LogP contribution in [0.5, 0.6) is 0 Å². The van der Waals surface area contributed by atoms with Gasteiger partial charge in [-0.3, -0.25) is 0 Å². The molecule has 1 fully saturated rings. The van der Waals surface area contributed by atoms with Crippen molar-refractivity contribution < 1.29 is 4.74 Å². The molecule has 1 aliphatic heterocycles. The van der Waals surface area contributed by atoms with Crippen LogP contribution in [0.4, 0.5) is 5.82 Å². The number of nitrogens with one attached hydrogen (secondary N) is 1. The molecular formula is C17H19Cl2N5OS. The fourth-order valence-electron chi connectivity index (χ4n) is 3.53. The maximum Gasteiger partial charge on any atom is 0.243 e. The summed E-state index contributed by atoms with van der Waals surface area (Å²) >= 11 is 14.5. The Labute approximate surface area is 165 Å². The van der Waals surface area contributed by atoms with Crippen molar-refractivity contribution in [2.24, 2.45) is 5.73 Å². The van der Waals surface area contributed by atoms with E-state index in [-0.39, 0.29) is 17.2 Å². The van der Waals surface area contributed by atoms with Crippen LogP contribution in [0.1, 0.15) is 28.3 Å². The van der Waals surface area contributed by atoms with Crippen LogP contribution >= 0.6 is 34.5 Å². The predicted molar refractivity (Wildman–Crippen MR) is 106 cm³/mol. The highest BCUT2D eigenvalue weighted by Gasteiger charge is 2.31. The third-order valence-electron chi connectivity index (χ3n) is 4.77. The number of thiophene rings is 1. The van der Waals surface area contributed by atoms with Gasteiger partial charge in [-0.2, -0.15) is 4.98 Å². The lowest BCUT2D eigenvalue weighted by Gasteiger charge is -2.29. The number of ether oxygens (including phenoxy) is 1. The summed E-state index contributed by atoms with van der Waals surface area (Å²) in [4.78, 5) is 5.60. The number of nitrogens with two attached hydrogens (primary N) is 1. The second kappa shape index (κ2) is 7.32. The van der Waals surface area contributed by atoms with Gasteiger partial charge in [0.25, 0.3) is 0 Å². The molecule has 6 nitrogen and oxygen atoms in total. The highest BCUT2D eigenvalue weighted by Crippen LogP contribution is 2.39. The average molecular weight is 412 g/mol. The largest absolute Gasteiger partial charge is 0.380 e. The molecule has 4 heterocycles. The van der Waals surface area contributed by atoms with E-state index in [0.29, 0.717) is 30.7 Å². The summed E-state index contributed by atoms with van der Waals surface area (Å²) in [5.41, 5.74) is 9.17. The second-order valence-electron chi connectivity index (χ2n) is 6.39. The van der Waals surface area contributed by atoms with E-state index in [2.05, 4.69) is 21.5 Å². The Morgan fingerprint density at radius 2 is 2.31 bits per heavy atom. The van der Waals surface area contributed by atoms with Crippen molar-refractivity contribution in [1.29, 1.82) is 0 Å². The van der Waals surface area contributed by atoms with Gasteiger partial charge in [0, 0.05) is 23.4 Å². The van der Waals surface area contributed by atoms with E-state index in [1.54, 1.807) is 15.9 Å². The Morgan fingerprint density at radius 3 is 3.04 bits per heavy atom. The smallest absolute Gasteiger partial charge is 0.243 e. The van der Waals surface area contributed by atoms with Crippen LogP contribution in [0.25, 0.3) is 5.52 Å². The number of halogens is 2. The molecule has 138 valence electrons. The topological polar surface area (TPSA) is 77.5 Å². The lowest BCUT2D eigenvalue weighted by atomic mass is 9.87. The molecule has 3 N–H and O–H groups in total. The number of anilines is 1. The van der Waals surface area contributed by atoms with Crippen LogP contribution in [0, 0.1) is 6.92 Å². The lowest BCUT2D eigenvalue weighted by molar-refractivity contribution is 0.0695. The Hall–Kier alpha value is -1.38. The summed E-state index contributed by atoms with van der Waals surface area (Å²) in [5, 5.41) is 10.4. The van der Waals surface area contributed by atoms with Crippen molar-refractivity contribution in [1.82, 2.24) is 14.6 Å². The molecule has 0 bridgehead atoms. The maximum absolute atomic E-state index is 6.70. The van der Waals surface area contributed by atoms with Crippen molar-refractivity contribution in [3.63, 3.8) is 0 Å². The molecular weight excluding hydrogens is 393 g/mol. The Kier molecular flexibility index (Phi) is 5.07. The molecule has 0 aromatic carbocycles. The van der Waals surface area contributed by atoms with Crippen molar-refractivity contribution in [3.05, 3.63) is 44.0 Å². The molecule has 1 saturated heterocycles. The third kappa shape index (κ3) is 3.18. The minimum atomic E-state index is -0.0941. The first-order valence-corrected chi connectivity index (χ1v) is 10.0. The Morgan fingerprint density at radius 1 is 1.46 bits per heavy atom. The van der Waals surface area contributed by atoms with Gasteiger partial charge in [-0.05, 0) is 47.5 Å². The highest BCUT2D eigenvalue weighted by molar-refractivity contribution is 7.09. The minimum absolute atomic E-state index is 0.0941. The van der Waals surface area contributed by atoms with Crippen molar-refractivity contribution >= 4 is 45.9 Å². The molecule has 9 heteroatoms. The lowest BCUT2D eigenvalue weighted by Crippen LogP contribution is -2.38. The maximum atomic E-state index is 6.70. The van der Waals surface area contributed by atoms with Crippen LogP contribution < -0.4 is 11.1 Å². The third-order valence-corrected chi connectivity index (χ3v) is 6.17. The van der Waals surface area contributed by atoms with Crippen molar-refractivity contribution in [2.75, 3.05) is 18.5 Å². The molecule has 0 unspecified atom stereocenters. The highest BCUT2D eigenvalue weighted by atomic mass is 35.5. The monoisotopic (exact) mass is 411 g/mol. The number of rotatable bonds is 4. The van der Waals surface area contributed by atoms with Gasteiger partial charge in [-0.1, -0.05) is 17.7 Å². The van der Waals surface area contributed by atoms with Gasteiger partial charge in [0.15, 0.2) is 5.82 Å². The quantitative estimate of drug-likeness (QED) is 0.681. The SMILES string of the molecule is Cc1c([C@H]2CCOC[C@@H]2N)c(Cl)n2nc(Cl)nc(NCc3cccs3)c12. The zero-order valence-electron chi connectivity index (χ0n) is 14.2. The summed E-state index contributed by atoms with van der Waals surface area (Å²) in [6, 6.07) is 4.00. The van der Waals surface area contributed by atoms with Crippen molar-refractivity contribution in [2.45, 2.75) is 31.8 Å². The van der Waals surface area contributed by atoms with Crippen LogP contribution in [0.2, 0.25) is 10.4 Å². The molecule has 0 radical (unpaired) electrons. The Bertz CT molecular complexity index is 927. The number of nitrogens with zero attached hydrogens (tertiary/aromatic N) is 3. The van der Waals surface area contributed by atoms with Crippen molar-refractivity contribution in [3.8, 4) is 0 Å². The fourth-order valence-corrected chi connectivity index (χ4v) is 4.74. The molecule has 1 aliphatic rings. The second-order valence-corrected chi connectivity index (χ2v) is 8.11. The van der Waals surface area contributed by atoms with E-state index < -0.39 is 0 Å². The van der Waals surface area contributed by atoms with Gasteiger partial charge >= 0.3 is 0 Å². The molecule has 0 spiro atoms. The number of hydrogen-bond acceptors (Lipinski definition) is 6. The van der Waals surface area contributed by atoms with Crippen LogP contribution in [0.3, 0.4) is 0 Å². The fraction of sp³-hybridized carbons (Fsp3) is 0.412. The zero-order valence-corrected chi connectivity index (χ0v) is 16.5. The first kappa shape index (κ1) is 18.0. The summed E-state index contributed by atoms with van der Waals surface area (Å²) in [6.45, 7) is 3.90. The molecule has 0 aliphatic carbocycles. The number of hydrogen-bond donors (Lipinski definition) is 2. The first-order chi connectivity index (χ1) is 12.6. The van der Waals surface area contributed by atoms with Gasteiger partial charge < -0.3 is 15.8 Å². The molecule has 2 atom stereocenters. The van der Waals surface area contributed by atoms with E-state index in [9.17, 15) is 0 Å². The summed E-state index contributed by atoms with van der Waals surface area (Å²) in [5.74, 6) is 0.798.